The Hall–Kier alpha value is -1.32. The van der Waals surface area contributed by atoms with Crippen molar-refractivity contribution in [2.75, 3.05) is 0 Å². The Morgan fingerprint density at radius 2 is 2.29 bits per heavy atom. The minimum Gasteiger partial charge on any atom is -0.444 e. The largest absolute Gasteiger partial charge is 0.444 e. The van der Waals surface area contributed by atoms with E-state index >= 15 is 0 Å². The zero-order chi connectivity index (χ0) is 9.97. The lowest BCUT2D eigenvalue weighted by Gasteiger charge is -1.94. The van der Waals surface area contributed by atoms with Crippen molar-refractivity contribution < 1.29 is 4.42 Å². The number of aromatic nitrogens is 1. The first kappa shape index (κ1) is 9.24. The minimum atomic E-state index is 0.379. The summed E-state index contributed by atoms with van der Waals surface area (Å²) in [6, 6.07) is 7.34. The molecular formula is C10H9ClN2O. The summed E-state index contributed by atoms with van der Waals surface area (Å²) < 4.78 is 5.25. The molecule has 2 rings (SSSR count). The summed E-state index contributed by atoms with van der Waals surface area (Å²) in [4.78, 5) is 4.19. The summed E-state index contributed by atoms with van der Waals surface area (Å²) in [6.07, 6.45) is 1.55. The van der Waals surface area contributed by atoms with Gasteiger partial charge >= 0.3 is 0 Å². The van der Waals surface area contributed by atoms with Crippen molar-refractivity contribution in [3.8, 4) is 11.5 Å². The molecule has 0 spiro atoms. The van der Waals surface area contributed by atoms with Crippen LogP contribution in [0.15, 0.2) is 34.9 Å². The Bertz CT molecular complexity index is 439. The first-order valence-corrected chi connectivity index (χ1v) is 4.58. The number of nitrogens with zero attached hydrogens (tertiary/aromatic N) is 1. The molecule has 0 aliphatic carbocycles. The second kappa shape index (κ2) is 3.82. The van der Waals surface area contributed by atoms with E-state index in [4.69, 9.17) is 21.8 Å². The molecule has 1 heterocycles. The molecular weight excluding hydrogens is 200 g/mol. The number of hydrogen-bond acceptors (Lipinski definition) is 3. The molecule has 0 aliphatic rings. The molecule has 14 heavy (non-hydrogen) atoms. The molecule has 1 aromatic heterocycles. The summed E-state index contributed by atoms with van der Waals surface area (Å²) in [7, 11) is 0. The van der Waals surface area contributed by atoms with Gasteiger partial charge in [0.15, 0.2) is 0 Å². The number of hydrogen-bond donors (Lipinski definition) is 1. The van der Waals surface area contributed by atoms with E-state index in [1.807, 2.05) is 12.1 Å². The van der Waals surface area contributed by atoms with Gasteiger partial charge in [-0.1, -0.05) is 17.7 Å². The maximum absolute atomic E-state index is 5.84. The van der Waals surface area contributed by atoms with Crippen molar-refractivity contribution >= 4 is 11.6 Å². The standard InChI is InChI=1S/C10H9ClN2O/c11-8-3-1-2-7(4-8)10-13-9(5-12)6-14-10/h1-4,6H,5,12H2. The Labute approximate surface area is 86.5 Å². The molecule has 0 bridgehead atoms. The zero-order valence-corrected chi connectivity index (χ0v) is 8.16. The van der Waals surface area contributed by atoms with Crippen molar-refractivity contribution in [3.63, 3.8) is 0 Å². The van der Waals surface area contributed by atoms with Crippen molar-refractivity contribution in [1.82, 2.24) is 4.98 Å². The zero-order valence-electron chi connectivity index (χ0n) is 7.40. The normalized spacial score (nSPS) is 10.4. The smallest absolute Gasteiger partial charge is 0.226 e. The van der Waals surface area contributed by atoms with Crippen LogP contribution in [-0.2, 0) is 6.54 Å². The lowest BCUT2D eigenvalue weighted by molar-refractivity contribution is 0.572. The molecule has 0 saturated carbocycles. The van der Waals surface area contributed by atoms with Crippen molar-refractivity contribution in [2.24, 2.45) is 5.73 Å². The number of nitrogens with two attached hydrogens (primary N) is 1. The summed E-state index contributed by atoms with van der Waals surface area (Å²) >= 11 is 5.84. The third-order valence-corrected chi connectivity index (χ3v) is 2.07. The lowest BCUT2D eigenvalue weighted by Crippen LogP contribution is -1.95. The third-order valence-electron chi connectivity index (χ3n) is 1.83. The van der Waals surface area contributed by atoms with Crippen molar-refractivity contribution in [1.29, 1.82) is 0 Å². The van der Waals surface area contributed by atoms with E-state index in [0.717, 1.165) is 11.3 Å². The second-order valence-corrected chi connectivity index (χ2v) is 3.29. The molecule has 0 amide bonds. The van der Waals surface area contributed by atoms with Gasteiger partial charge in [-0.25, -0.2) is 4.98 Å². The number of rotatable bonds is 2. The molecule has 2 N–H and O–H groups in total. The van der Waals surface area contributed by atoms with Gasteiger partial charge in [-0.15, -0.1) is 0 Å². The van der Waals surface area contributed by atoms with E-state index in [1.54, 1.807) is 18.4 Å². The molecule has 0 aliphatic heterocycles. The maximum atomic E-state index is 5.84. The Morgan fingerprint density at radius 3 is 2.93 bits per heavy atom. The fourth-order valence-electron chi connectivity index (χ4n) is 1.15. The van der Waals surface area contributed by atoms with Gasteiger partial charge in [0, 0.05) is 17.1 Å². The van der Waals surface area contributed by atoms with E-state index in [2.05, 4.69) is 4.98 Å². The number of halogens is 1. The molecule has 0 atom stereocenters. The van der Waals surface area contributed by atoms with Crippen molar-refractivity contribution in [3.05, 3.63) is 41.2 Å². The molecule has 4 heteroatoms. The van der Waals surface area contributed by atoms with Gasteiger partial charge in [-0.05, 0) is 18.2 Å². The quantitative estimate of drug-likeness (QED) is 0.825. The van der Waals surface area contributed by atoms with Crippen LogP contribution in [0.25, 0.3) is 11.5 Å². The molecule has 0 saturated heterocycles. The van der Waals surface area contributed by atoms with E-state index in [0.29, 0.717) is 17.5 Å². The average molecular weight is 209 g/mol. The van der Waals surface area contributed by atoms with Gasteiger partial charge in [-0.2, -0.15) is 0 Å². The highest BCUT2D eigenvalue weighted by Gasteiger charge is 2.05. The molecule has 0 radical (unpaired) electrons. The molecule has 3 nitrogen and oxygen atoms in total. The van der Waals surface area contributed by atoms with E-state index < -0.39 is 0 Å². The van der Waals surface area contributed by atoms with Crippen LogP contribution in [0.3, 0.4) is 0 Å². The van der Waals surface area contributed by atoms with Gasteiger partial charge in [0.25, 0.3) is 0 Å². The van der Waals surface area contributed by atoms with Crippen LogP contribution in [-0.4, -0.2) is 4.98 Å². The maximum Gasteiger partial charge on any atom is 0.226 e. The van der Waals surface area contributed by atoms with Crippen molar-refractivity contribution in [2.45, 2.75) is 6.54 Å². The van der Waals surface area contributed by atoms with Gasteiger partial charge < -0.3 is 10.2 Å². The van der Waals surface area contributed by atoms with E-state index in [1.165, 1.54) is 0 Å². The summed E-state index contributed by atoms with van der Waals surface area (Å²) in [6.45, 7) is 0.379. The Morgan fingerprint density at radius 1 is 1.43 bits per heavy atom. The second-order valence-electron chi connectivity index (χ2n) is 2.86. The average Bonchev–Trinajstić information content (AvgIpc) is 2.66. The predicted octanol–water partition coefficient (Wildman–Crippen LogP) is 2.45. The van der Waals surface area contributed by atoms with Crippen LogP contribution in [0.1, 0.15) is 5.69 Å². The SMILES string of the molecule is NCc1coc(-c2cccc(Cl)c2)n1. The number of oxazole rings is 1. The van der Waals surface area contributed by atoms with Gasteiger partial charge in [-0.3, -0.25) is 0 Å². The predicted molar refractivity (Wildman–Crippen MR) is 54.8 cm³/mol. The van der Waals surface area contributed by atoms with Gasteiger partial charge in [0.1, 0.15) is 6.26 Å². The topological polar surface area (TPSA) is 52.0 Å². The van der Waals surface area contributed by atoms with Crippen LogP contribution in [0.4, 0.5) is 0 Å². The third kappa shape index (κ3) is 1.78. The Balaban J connectivity index is 2.39. The lowest BCUT2D eigenvalue weighted by atomic mass is 10.2. The molecule has 0 unspecified atom stereocenters. The summed E-state index contributed by atoms with van der Waals surface area (Å²) in [5, 5.41) is 0.662. The number of benzene rings is 1. The van der Waals surface area contributed by atoms with E-state index in [-0.39, 0.29) is 0 Å². The molecule has 1 aromatic carbocycles. The van der Waals surface area contributed by atoms with E-state index in [9.17, 15) is 0 Å². The Kier molecular flexibility index (Phi) is 2.52. The minimum absolute atomic E-state index is 0.379. The van der Waals surface area contributed by atoms with Crippen LogP contribution >= 0.6 is 11.6 Å². The van der Waals surface area contributed by atoms with Gasteiger partial charge in [0.2, 0.25) is 5.89 Å². The first-order valence-electron chi connectivity index (χ1n) is 4.20. The molecule has 0 fully saturated rings. The van der Waals surface area contributed by atoms with Crippen LogP contribution in [0.2, 0.25) is 5.02 Å². The first-order chi connectivity index (χ1) is 6.79. The highest BCUT2D eigenvalue weighted by molar-refractivity contribution is 6.30. The van der Waals surface area contributed by atoms with Crippen LogP contribution < -0.4 is 5.73 Å². The van der Waals surface area contributed by atoms with Crippen LogP contribution in [0.5, 0.6) is 0 Å². The molecule has 2 aromatic rings. The summed E-state index contributed by atoms with van der Waals surface area (Å²) in [5.41, 5.74) is 7.02. The van der Waals surface area contributed by atoms with Crippen LogP contribution in [0, 0.1) is 0 Å². The fourth-order valence-corrected chi connectivity index (χ4v) is 1.35. The van der Waals surface area contributed by atoms with Gasteiger partial charge in [0.05, 0.1) is 5.69 Å². The molecule has 72 valence electrons. The fraction of sp³-hybridized carbons (Fsp3) is 0.100. The highest BCUT2D eigenvalue weighted by atomic mass is 35.5. The highest BCUT2D eigenvalue weighted by Crippen LogP contribution is 2.21. The summed E-state index contributed by atoms with van der Waals surface area (Å²) in [5.74, 6) is 0.549. The monoisotopic (exact) mass is 208 g/mol.